The van der Waals surface area contributed by atoms with E-state index >= 15 is 0 Å². The second-order valence-electron chi connectivity index (χ2n) is 5.56. The molecule has 0 bridgehead atoms. The molecular weight excluding hydrogens is 356 g/mol. The molecule has 0 radical (unpaired) electrons. The third-order valence-electron chi connectivity index (χ3n) is 3.67. The topological polar surface area (TPSA) is 69.2 Å². The molecule has 0 aliphatic carbocycles. The van der Waals surface area contributed by atoms with Crippen molar-refractivity contribution in [2.45, 2.75) is 13.8 Å². The molecular formula is C19H21ClN2O4. The minimum atomic E-state index is -0.287. The largest absolute Gasteiger partial charge is 0.493 e. The molecule has 138 valence electrons. The number of methoxy groups -OCH3 is 2. The van der Waals surface area contributed by atoms with Gasteiger partial charge < -0.3 is 19.6 Å². The van der Waals surface area contributed by atoms with Gasteiger partial charge in [0.2, 0.25) is 0 Å². The normalized spacial score (nSPS) is 10.7. The molecule has 0 atom stereocenters. The van der Waals surface area contributed by atoms with Crippen LogP contribution in [0.2, 0.25) is 5.02 Å². The highest BCUT2D eigenvalue weighted by Crippen LogP contribution is 2.35. The molecule has 0 spiro atoms. The van der Waals surface area contributed by atoms with E-state index in [4.69, 9.17) is 25.9 Å². The van der Waals surface area contributed by atoms with Crippen LogP contribution in [-0.2, 0) is 9.63 Å². The number of ether oxygens (including phenoxy) is 2. The smallest absolute Gasteiger partial charge is 0.265 e. The second-order valence-corrected chi connectivity index (χ2v) is 5.97. The maximum absolute atomic E-state index is 12.0. The van der Waals surface area contributed by atoms with E-state index in [1.165, 1.54) is 20.4 Å². The van der Waals surface area contributed by atoms with E-state index in [1.54, 1.807) is 12.1 Å². The summed E-state index contributed by atoms with van der Waals surface area (Å²) in [6.45, 7) is 3.66. The summed E-state index contributed by atoms with van der Waals surface area (Å²) in [5.41, 5.74) is 3.42. The van der Waals surface area contributed by atoms with Gasteiger partial charge in [0.05, 0.1) is 25.5 Å². The van der Waals surface area contributed by atoms with Crippen molar-refractivity contribution in [3.8, 4) is 11.5 Å². The lowest BCUT2D eigenvalue weighted by molar-refractivity contribution is -0.120. The van der Waals surface area contributed by atoms with Gasteiger partial charge in [-0.25, -0.2) is 0 Å². The number of anilines is 1. The van der Waals surface area contributed by atoms with Crippen LogP contribution in [-0.4, -0.2) is 32.9 Å². The van der Waals surface area contributed by atoms with E-state index in [2.05, 4.69) is 10.5 Å². The van der Waals surface area contributed by atoms with Gasteiger partial charge >= 0.3 is 0 Å². The first kappa shape index (κ1) is 19.6. The molecule has 7 heteroatoms. The van der Waals surface area contributed by atoms with Gasteiger partial charge in [-0.2, -0.15) is 0 Å². The molecule has 0 heterocycles. The Morgan fingerprint density at radius 2 is 1.88 bits per heavy atom. The van der Waals surface area contributed by atoms with Crippen molar-refractivity contribution in [2.75, 3.05) is 26.1 Å². The fourth-order valence-corrected chi connectivity index (χ4v) is 2.69. The minimum Gasteiger partial charge on any atom is -0.493 e. The minimum absolute atomic E-state index is 0.203. The SMILES string of the molecule is COc1cc(/C=N\OCC(=O)Nc2c(C)cccc2C)cc(Cl)c1OC. The summed E-state index contributed by atoms with van der Waals surface area (Å²) in [7, 11) is 3.03. The summed E-state index contributed by atoms with van der Waals surface area (Å²) in [5, 5.41) is 7.01. The molecule has 0 aliphatic heterocycles. The lowest BCUT2D eigenvalue weighted by atomic mass is 10.1. The second kappa shape index (κ2) is 9.10. The summed E-state index contributed by atoms with van der Waals surface area (Å²) in [6, 6.07) is 9.17. The predicted molar refractivity (Wildman–Crippen MR) is 103 cm³/mol. The number of hydrogen-bond donors (Lipinski definition) is 1. The fraction of sp³-hybridized carbons (Fsp3) is 0.263. The molecule has 0 fully saturated rings. The van der Waals surface area contributed by atoms with Crippen molar-refractivity contribution in [1.82, 2.24) is 0 Å². The molecule has 2 aromatic carbocycles. The molecule has 0 saturated heterocycles. The van der Waals surface area contributed by atoms with E-state index in [9.17, 15) is 4.79 Å². The molecule has 0 aromatic heterocycles. The number of aryl methyl sites for hydroxylation is 2. The van der Waals surface area contributed by atoms with Crippen molar-refractivity contribution >= 4 is 29.4 Å². The molecule has 2 rings (SSSR count). The van der Waals surface area contributed by atoms with Crippen LogP contribution >= 0.6 is 11.6 Å². The zero-order valence-corrected chi connectivity index (χ0v) is 15.9. The van der Waals surface area contributed by atoms with Crippen LogP contribution in [0.15, 0.2) is 35.5 Å². The fourth-order valence-electron chi connectivity index (χ4n) is 2.39. The van der Waals surface area contributed by atoms with Crippen molar-refractivity contribution < 1.29 is 19.1 Å². The molecule has 6 nitrogen and oxygen atoms in total. The van der Waals surface area contributed by atoms with E-state index in [0.29, 0.717) is 22.1 Å². The maximum atomic E-state index is 12.0. The number of para-hydroxylation sites is 1. The Kier molecular flexibility index (Phi) is 6.86. The van der Waals surface area contributed by atoms with Gasteiger partial charge in [-0.05, 0) is 37.1 Å². The van der Waals surface area contributed by atoms with E-state index in [1.807, 2.05) is 32.0 Å². The summed E-state index contributed by atoms with van der Waals surface area (Å²) < 4.78 is 10.4. The van der Waals surface area contributed by atoms with Crippen molar-refractivity contribution in [3.63, 3.8) is 0 Å². The molecule has 1 N–H and O–H groups in total. The molecule has 0 unspecified atom stereocenters. The van der Waals surface area contributed by atoms with Crippen LogP contribution < -0.4 is 14.8 Å². The number of nitrogens with zero attached hydrogens (tertiary/aromatic N) is 1. The Bertz CT molecular complexity index is 801. The van der Waals surface area contributed by atoms with Gasteiger partial charge in [-0.1, -0.05) is 35.0 Å². The van der Waals surface area contributed by atoms with Crippen molar-refractivity contribution in [3.05, 3.63) is 52.0 Å². The number of hydrogen-bond acceptors (Lipinski definition) is 5. The number of amides is 1. The van der Waals surface area contributed by atoms with Crippen LogP contribution in [0.25, 0.3) is 0 Å². The zero-order valence-electron chi connectivity index (χ0n) is 15.1. The summed E-state index contributed by atoms with van der Waals surface area (Å²) >= 11 is 6.12. The first-order valence-electron chi connectivity index (χ1n) is 7.89. The average molecular weight is 377 g/mol. The summed E-state index contributed by atoms with van der Waals surface area (Å²) in [4.78, 5) is 17.1. The quantitative estimate of drug-likeness (QED) is 0.586. The van der Waals surface area contributed by atoms with Crippen molar-refractivity contribution in [1.29, 1.82) is 0 Å². The van der Waals surface area contributed by atoms with E-state index in [-0.39, 0.29) is 12.5 Å². The number of nitrogens with one attached hydrogen (secondary N) is 1. The number of benzene rings is 2. The maximum Gasteiger partial charge on any atom is 0.265 e. The van der Waals surface area contributed by atoms with Gasteiger partial charge in [-0.3, -0.25) is 4.79 Å². The Morgan fingerprint density at radius 1 is 1.19 bits per heavy atom. The van der Waals surface area contributed by atoms with Crippen LogP contribution in [0.3, 0.4) is 0 Å². The third kappa shape index (κ3) is 4.89. The lowest BCUT2D eigenvalue weighted by Crippen LogP contribution is -2.18. The highest BCUT2D eigenvalue weighted by Gasteiger charge is 2.10. The highest BCUT2D eigenvalue weighted by atomic mass is 35.5. The van der Waals surface area contributed by atoms with Crippen LogP contribution in [0.4, 0.5) is 5.69 Å². The summed E-state index contributed by atoms with van der Waals surface area (Å²) in [6.07, 6.45) is 1.44. The number of carbonyl (C=O) groups is 1. The number of rotatable bonds is 7. The average Bonchev–Trinajstić information content (AvgIpc) is 2.61. The van der Waals surface area contributed by atoms with E-state index < -0.39 is 0 Å². The van der Waals surface area contributed by atoms with Gasteiger partial charge in [0.15, 0.2) is 18.1 Å². The van der Waals surface area contributed by atoms with Gasteiger partial charge in [-0.15, -0.1) is 0 Å². The number of halogens is 1. The van der Waals surface area contributed by atoms with Crippen LogP contribution in [0, 0.1) is 13.8 Å². The van der Waals surface area contributed by atoms with Crippen LogP contribution in [0.5, 0.6) is 11.5 Å². The number of carbonyl (C=O) groups excluding carboxylic acids is 1. The molecule has 0 aliphatic rings. The third-order valence-corrected chi connectivity index (χ3v) is 3.95. The Morgan fingerprint density at radius 3 is 2.50 bits per heavy atom. The highest BCUT2D eigenvalue weighted by molar-refractivity contribution is 6.32. The van der Waals surface area contributed by atoms with E-state index in [0.717, 1.165) is 16.8 Å². The molecule has 2 aromatic rings. The molecule has 26 heavy (non-hydrogen) atoms. The Labute approximate surface area is 157 Å². The Balaban J connectivity index is 1.95. The molecule has 1 amide bonds. The molecule has 0 saturated carbocycles. The summed E-state index contributed by atoms with van der Waals surface area (Å²) in [5.74, 6) is 0.638. The predicted octanol–water partition coefficient (Wildman–Crippen LogP) is 3.96. The van der Waals surface area contributed by atoms with Gasteiger partial charge in [0.1, 0.15) is 0 Å². The van der Waals surface area contributed by atoms with Crippen LogP contribution in [0.1, 0.15) is 16.7 Å². The van der Waals surface area contributed by atoms with Gasteiger partial charge in [0.25, 0.3) is 5.91 Å². The van der Waals surface area contributed by atoms with Gasteiger partial charge in [0, 0.05) is 11.3 Å². The lowest BCUT2D eigenvalue weighted by Gasteiger charge is -2.11. The Hall–Kier alpha value is -2.73. The first-order valence-corrected chi connectivity index (χ1v) is 8.27. The first-order chi connectivity index (χ1) is 12.5. The standard InChI is InChI=1S/C19H21ClN2O4/c1-12-6-5-7-13(2)18(12)22-17(23)11-26-21-10-14-8-15(20)19(25-4)16(9-14)24-3/h5-10H,11H2,1-4H3,(H,22,23)/b21-10-. The van der Waals surface area contributed by atoms with Crippen molar-refractivity contribution in [2.24, 2.45) is 5.16 Å². The monoisotopic (exact) mass is 376 g/mol. The zero-order chi connectivity index (χ0) is 19.1. The number of oxime groups is 1.